The van der Waals surface area contributed by atoms with Crippen molar-refractivity contribution in [3.63, 3.8) is 0 Å². The van der Waals surface area contributed by atoms with E-state index in [0.29, 0.717) is 12.8 Å². The first kappa shape index (κ1) is 44.6. The van der Waals surface area contributed by atoms with Gasteiger partial charge in [0.05, 0.1) is 25.4 Å². The molecule has 48 heavy (non-hydrogen) atoms. The van der Waals surface area contributed by atoms with E-state index in [-0.39, 0.29) is 6.42 Å². The van der Waals surface area contributed by atoms with Crippen molar-refractivity contribution in [3.8, 4) is 0 Å². The molecule has 8 unspecified atom stereocenters. The second kappa shape index (κ2) is 26.4. The maximum atomic E-state index is 12.9. The molecule has 1 fully saturated rings. The molecule has 0 aromatic carbocycles. The molecule has 14 heteroatoms. The van der Waals surface area contributed by atoms with Gasteiger partial charge in [-0.25, -0.2) is 4.18 Å². The smallest absolute Gasteiger partial charge is 0.394 e. The van der Waals surface area contributed by atoms with Crippen molar-refractivity contribution in [3.05, 3.63) is 24.3 Å². The summed E-state index contributed by atoms with van der Waals surface area (Å²) in [5.41, 5.74) is 0. The fourth-order valence-corrected chi connectivity index (χ4v) is 5.92. The number of hydrogen-bond donors (Lipinski definition) is 7. The summed E-state index contributed by atoms with van der Waals surface area (Å²) >= 11 is 0. The first-order chi connectivity index (χ1) is 22.9. The molecule has 282 valence electrons. The van der Waals surface area contributed by atoms with E-state index in [1.54, 1.807) is 6.08 Å². The SMILES string of the molecule is CCCCCCC/C=C/CC/C=C/C(O)C(COC1OC(CO)C(O)C(OS(=O)(=O)O)C1O)NC(=O)C(O)CCCCCCCCCC. The van der Waals surface area contributed by atoms with E-state index in [9.17, 15) is 38.7 Å². The molecule has 7 N–H and O–H groups in total. The van der Waals surface area contributed by atoms with E-state index in [1.165, 1.54) is 57.4 Å². The number of ether oxygens (including phenoxy) is 2. The van der Waals surface area contributed by atoms with Crippen molar-refractivity contribution in [2.45, 2.75) is 172 Å². The van der Waals surface area contributed by atoms with Gasteiger partial charge in [0.15, 0.2) is 6.29 Å². The zero-order valence-corrected chi connectivity index (χ0v) is 29.7. The first-order valence-corrected chi connectivity index (χ1v) is 19.2. The highest BCUT2D eigenvalue weighted by Crippen LogP contribution is 2.26. The van der Waals surface area contributed by atoms with Crippen LogP contribution in [0.5, 0.6) is 0 Å². The zero-order valence-electron chi connectivity index (χ0n) is 28.9. The lowest BCUT2D eigenvalue weighted by molar-refractivity contribution is -0.298. The molecule has 0 radical (unpaired) electrons. The number of unbranched alkanes of at least 4 members (excludes halogenated alkanes) is 13. The second-order valence-electron chi connectivity index (χ2n) is 12.6. The van der Waals surface area contributed by atoms with Gasteiger partial charge in [-0.05, 0) is 32.1 Å². The quantitative estimate of drug-likeness (QED) is 0.0353. The van der Waals surface area contributed by atoms with Crippen LogP contribution in [-0.2, 0) is 28.9 Å². The molecule has 13 nitrogen and oxygen atoms in total. The molecule has 1 rings (SSSR count). The lowest BCUT2D eigenvalue weighted by Gasteiger charge is -2.41. The molecule has 0 aliphatic carbocycles. The third-order valence-electron chi connectivity index (χ3n) is 8.34. The summed E-state index contributed by atoms with van der Waals surface area (Å²) in [6.45, 7) is 3.07. The van der Waals surface area contributed by atoms with Crippen molar-refractivity contribution in [1.29, 1.82) is 0 Å². The minimum atomic E-state index is -5.11. The van der Waals surface area contributed by atoms with E-state index in [1.807, 2.05) is 0 Å². The van der Waals surface area contributed by atoms with Gasteiger partial charge in [0.25, 0.3) is 0 Å². The maximum absolute atomic E-state index is 12.9. The highest BCUT2D eigenvalue weighted by atomic mass is 32.3. The molecule has 0 saturated carbocycles. The summed E-state index contributed by atoms with van der Waals surface area (Å²) < 4.78 is 47.1. The predicted octanol–water partition coefficient (Wildman–Crippen LogP) is 3.62. The van der Waals surface area contributed by atoms with Crippen LogP contribution in [0.2, 0.25) is 0 Å². The summed E-state index contributed by atoms with van der Waals surface area (Å²) in [6, 6.07) is -1.13. The molecule has 0 aromatic rings. The van der Waals surface area contributed by atoms with Crippen LogP contribution >= 0.6 is 0 Å². The average Bonchev–Trinajstić information content (AvgIpc) is 3.05. The Hall–Kier alpha value is -1.46. The summed E-state index contributed by atoms with van der Waals surface area (Å²) in [7, 11) is -5.11. The average molecular weight is 710 g/mol. The first-order valence-electron chi connectivity index (χ1n) is 17.8. The number of aliphatic hydroxyl groups is 5. The Kier molecular flexibility index (Phi) is 24.5. The Morgan fingerprint density at radius 3 is 2.00 bits per heavy atom. The minimum absolute atomic E-state index is 0.237. The third-order valence-corrected chi connectivity index (χ3v) is 8.81. The molecule has 0 bridgehead atoms. The molecule has 1 aliphatic rings. The second-order valence-corrected chi connectivity index (χ2v) is 13.6. The number of hydrogen-bond acceptors (Lipinski definition) is 11. The molecule has 1 amide bonds. The van der Waals surface area contributed by atoms with E-state index < -0.39 is 78.5 Å². The number of aliphatic hydroxyl groups excluding tert-OH is 5. The molecule has 1 saturated heterocycles. The number of carbonyl (C=O) groups is 1. The van der Waals surface area contributed by atoms with Crippen LogP contribution in [0.4, 0.5) is 0 Å². The number of nitrogens with one attached hydrogen (secondary N) is 1. The molecule has 1 aliphatic heterocycles. The monoisotopic (exact) mass is 709 g/mol. The van der Waals surface area contributed by atoms with Crippen molar-refractivity contribution < 1.29 is 57.0 Å². The molecular weight excluding hydrogens is 646 g/mol. The standard InChI is InChI=1S/C34H63NO12S/c1-3-5-7-9-11-13-14-15-17-18-20-22-27(37)26(35-33(41)28(38)23-21-19-16-12-10-8-6-4-2)25-45-34-31(40)32(47-48(42,43)44)30(39)29(24-36)46-34/h14-15,20,22,26-32,34,36-40H,3-13,16-19,21,23-25H2,1-2H3,(H,35,41)(H,42,43,44)/b15-14+,22-20+. The van der Waals surface area contributed by atoms with Gasteiger partial charge in [-0.1, -0.05) is 115 Å². The van der Waals surface area contributed by atoms with Crippen LogP contribution in [0, 0.1) is 0 Å². The lowest BCUT2D eigenvalue weighted by atomic mass is 9.99. The maximum Gasteiger partial charge on any atom is 0.397 e. The largest absolute Gasteiger partial charge is 0.397 e. The molecule has 0 aromatic heterocycles. The minimum Gasteiger partial charge on any atom is -0.394 e. The highest BCUT2D eigenvalue weighted by molar-refractivity contribution is 7.80. The van der Waals surface area contributed by atoms with Gasteiger partial charge in [-0.3, -0.25) is 9.35 Å². The zero-order chi connectivity index (χ0) is 35.8. The van der Waals surface area contributed by atoms with E-state index in [2.05, 4.69) is 35.5 Å². The number of rotatable bonds is 28. The van der Waals surface area contributed by atoms with Crippen LogP contribution in [0.25, 0.3) is 0 Å². The Labute approximate surface area is 287 Å². The van der Waals surface area contributed by atoms with Gasteiger partial charge < -0.3 is 40.3 Å². The van der Waals surface area contributed by atoms with Gasteiger partial charge >= 0.3 is 10.4 Å². The van der Waals surface area contributed by atoms with Crippen LogP contribution in [-0.4, -0.2) is 107 Å². The van der Waals surface area contributed by atoms with Crippen molar-refractivity contribution in [2.75, 3.05) is 13.2 Å². The Morgan fingerprint density at radius 1 is 0.833 bits per heavy atom. The Balaban J connectivity index is 2.81. The molecular formula is C34H63NO12S. The van der Waals surface area contributed by atoms with Crippen LogP contribution < -0.4 is 5.32 Å². The van der Waals surface area contributed by atoms with Crippen LogP contribution in [0.1, 0.15) is 123 Å². The summed E-state index contributed by atoms with van der Waals surface area (Å²) in [5, 5.41) is 54.5. The summed E-state index contributed by atoms with van der Waals surface area (Å²) in [6.07, 6.45) is 13.2. The van der Waals surface area contributed by atoms with E-state index >= 15 is 0 Å². The van der Waals surface area contributed by atoms with Gasteiger partial charge in [-0.2, -0.15) is 8.42 Å². The fraction of sp³-hybridized carbons (Fsp3) is 0.853. The van der Waals surface area contributed by atoms with Crippen LogP contribution in [0.3, 0.4) is 0 Å². The van der Waals surface area contributed by atoms with Gasteiger partial charge in [0.2, 0.25) is 5.91 Å². The molecule has 8 atom stereocenters. The van der Waals surface area contributed by atoms with Gasteiger partial charge in [-0.15, -0.1) is 0 Å². The number of carbonyl (C=O) groups excluding carboxylic acids is 1. The fourth-order valence-electron chi connectivity index (χ4n) is 5.41. The summed E-state index contributed by atoms with van der Waals surface area (Å²) in [5.74, 6) is -0.720. The van der Waals surface area contributed by atoms with Gasteiger partial charge in [0.1, 0.15) is 30.5 Å². The normalized spacial score (nSPS) is 23.9. The molecule has 0 spiro atoms. The highest BCUT2D eigenvalue weighted by Gasteiger charge is 2.48. The van der Waals surface area contributed by atoms with Crippen molar-refractivity contribution >= 4 is 16.3 Å². The lowest BCUT2D eigenvalue weighted by Crippen LogP contribution is -2.61. The number of allylic oxidation sites excluding steroid dienone is 3. The van der Waals surface area contributed by atoms with Crippen molar-refractivity contribution in [1.82, 2.24) is 5.32 Å². The van der Waals surface area contributed by atoms with E-state index in [4.69, 9.17) is 14.0 Å². The Morgan fingerprint density at radius 2 is 1.40 bits per heavy atom. The number of amides is 1. The third kappa shape index (κ3) is 19.7. The van der Waals surface area contributed by atoms with E-state index in [0.717, 1.165) is 38.5 Å². The van der Waals surface area contributed by atoms with Crippen molar-refractivity contribution in [2.24, 2.45) is 0 Å². The molecule has 1 heterocycles. The van der Waals surface area contributed by atoms with Gasteiger partial charge in [0, 0.05) is 0 Å². The predicted molar refractivity (Wildman–Crippen MR) is 182 cm³/mol. The van der Waals surface area contributed by atoms with Crippen LogP contribution in [0.15, 0.2) is 24.3 Å². The Bertz CT molecular complexity index is 995. The topological polar surface area (TPSA) is 212 Å². The summed E-state index contributed by atoms with van der Waals surface area (Å²) in [4.78, 5) is 12.9.